The molecule has 0 amide bonds. The molecule has 0 aliphatic carbocycles. The van der Waals surface area contributed by atoms with Crippen LogP contribution in [-0.4, -0.2) is 18.2 Å². The number of carbonyl (C=O) groups is 1. The van der Waals surface area contributed by atoms with E-state index in [1.165, 1.54) is 19.2 Å². The predicted molar refractivity (Wildman–Crippen MR) is 31.7 cm³/mol. The van der Waals surface area contributed by atoms with Crippen molar-refractivity contribution in [2.45, 2.75) is 0 Å². The first-order valence-corrected chi connectivity index (χ1v) is 2.61. The van der Waals surface area contributed by atoms with Gasteiger partial charge in [-0.3, -0.25) is 0 Å². The van der Waals surface area contributed by atoms with Crippen molar-refractivity contribution < 1.29 is 19.1 Å². The number of ether oxygens (including phenoxy) is 1. The Hall–Kier alpha value is -1.45. The van der Waals surface area contributed by atoms with Crippen LogP contribution < -0.4 is 0 Å². The Kier molecular flexibility index (Phi) is 1.62. The van der Waals surface area contributed by atoms with Crippen molar-refractivity contribution in [3.8, 4) is 5.95 Å². The summed E-state index contributed by atoms with van der Waals surface area (Å²) >= 11 is 0. The zero-order valence-electron chi connectivity index (χ0n) is 5.33. The molecule has 0 saturated heterocycles. The maximum absolute atomic E-state index is 10.6. The Morgan fingerprint density at radius 2 is 2.40 bits per heavy atom. The molecule has 0 unspecified atom stereocenters. The van der Waals surface area contributed by atoms with Crippen LogP contribution in [0.1, 0.15) is 10.6 Å². The fourth-order valence-electron chi connectivity index (χ4n) is 0.538. The molecule has 0 spiro atoms. The number of hydrogen-bond donors (Lipinski definition) is 1. The molecular formula is C6H6O4. The molecule has 1 aromatic heterocycles. The minimum Gasteiger partial charge on any atom is -0.481 e. The van der Waals surface area contributed by atoms with Gasteiger partial charge < -0.3 is 14.3 Å². The minimum absolute atomic E-state index is 0.000000000000000444. The molecule has 0 aliphatic rings. The van der Waals surface area contributed by atoms with Crippen LogP contribution in [-0.2, 0) is 4.74 Å². The molecule has 0 bridgehead atoms. The lowest BCUT2D eigenvalue weighted by molar-refractivity contribution is 0.0559. The molecule has 1 N–H and O–H groups in total. The van der Waals surface area contributed by atoms with Crippen molar-refractivity contribution >= 4 is 5.97 Å². The Balaban J connectivity index is 2.85. The number of methoxy groups -OCH3 is 1. The molecule has 0 atom stereocenters. The summed E-state index contributed by atoms with van der Waals surface area (Å²) in [5.41, 5.74) is 0. The average molecular weight is 142 g/mol. The molecule has 4 heteroatoms. The number of esters is 1. The van der Waals surface area contributed by atoms with Gasteiger partial charge in [-0.15, -0.1) is 0 Å². The summed E-state index contributed by atoms with van der Waals surface area (Å²) in [5, 5.41) is 8.62. The number of rotatable bonds is 1. The van der Waals surface area contributed by atoms with Crippen molar-refractivity contribution in [1.29, 1.82) is 0 Å². The van der Waals surface area contributed by atoms with Crippen LogP contribution in [0.2, 0.25) is 0 Å². The molecule has 0 fully saturated rings. The second-order valence-corrected chi connectivity index (χ2v) is 1.63. The minimum atomic E-state index is -0.597. The lowest BCUT2D eigenvalue weighted by Crippen LogP contribution is -1.97. The third-order valence-corrected chi connectivity index (χ3v) is 0.978. The van der Waals surface area contributed by atoms with Gasteiger partial charge in [-0.2, -0.15) is 0 Å². The number of aromatic hydroxyl groups is 1. The van der Waals surface area contributed by atoms with Gasteiger partial charge in [-0.1, -0.05) is 0 Å². The van der Waals surface area contributed by atoms with Crippen molar-refractivity contribution in [2.24, 2.45) is 0 Å². The van der Waals surface area contributed by atoms with E-state index in [2.05, 4.69) is 9.15 Å². The molecule has 54 valence electrons. The highest BCUT2D eigenvalue weighted by molar-refractivity contribution is 5.86. The molecule has 0 aliphatic heterocycles. The van der Waals surface area contributed by atoms with Gasteiger partial charge in [-0.05, 0) is 6.07 Å². The monoisotopic (exact) mass is 142 g/mol. The van der Waals surface area contributed by atoms with Gasteiger partial charge in [0.15, 0.2) is 0 Å². The quantitative estimate of drug-likeness (QED) is 0.588. The molecule has 0 saturated carbocycles. The van der Waals surface area contributed by atoms with Gasteiger partial charge in [-0.25, -0.2) is 4.79 Å². The van der Waals surface area contributed by atoms with Crippen molar-refractivity contribution in [3.05, 3.63) is 17.9 Å². The van der Waals surface area contributed by atoms with Crippen molar-refractivity contribution in [3.63, 3.8) is 0 Å². The predicted octanol–water partition coefficient (Wildman–Crippen LogP) is 0.772. The van der Waals surface area contributed by atoms with E-state index < -0.39 is 5.97 Å². The SMILES string of the molecule is COC(=O)c1ccc(O)o1. The van der Waals surface area contributed by atoms with E-state index in [1.807, 2.05) is 0 Å². The van der Waals surface area contributed by atoms with E-state index in [0.717, 1.165) is 0 Å². The summed E-state index contributed by atoms with van der Waals surface area (Å²) in [7, 11) is 1.24. The van der Waals surface area contributed by atoms with E-state index in [-0.39, 0.29) is 11.7 Å². The van der Waals surface area contributed by atoms with Crippen LogP contribution in [0.15, 0.2) is 16.5 Å². The number of hydrogen-bond acceptors (Lipinski definition) is 4. The smallest absolute Gasteiger partial charge is 0.374 e. The van der Waals surface area contributed by atoms with Gasteiger partial charge >= 0.3 is 5.97 Å². The standard InChI is InChI=1S/C6H6O4/c1-9-6(8)4-2-3-5(7)10-4/h2-3,7H,1H3. The zero-order chi connectivity index (χ0) is 7.56. The number of carbonyl (C=O) groups excluding carboxylic acids is 1. The highest BCUT2D eigenvalue weighted by Crippen LogP contribution is 2.13. The maximum Gasteiger partial charge on any atom is 0.374 e. The zero-order valence-corrected chi connectivity index (χ0v) is 5.33. The van der Waals surface area contributed by atoms with E-state index in [9.17, 15) is 4.79 Å². The Bertz CT molecular complexity index is 238. The second kappa shape index (κ2) is 2.43. The molecule has 0 radical (unpaired) electrons. The normalized spacial score (nSPS) is 9.30. The first kappa shape index (κ1) is 6.67. The van der Waals surface area contributed by atoms with Gasteiger partial charge in [0.25, 0.3) is 5.95 Å². The van der Waals surface area contributed by atoms with E-state index >= 15 is 0 Å². The molecular weight excluding hydrogens is 136 g/mol. The maximum atomic E-state index is 10.6. The largest absolute Gasteiger partial charge is 0.481 e. The third-order valence-electron chi connectivity index (χ3n) is 0.978. The third kappa shape index (κ3) is 1.10. The molecule has 1 aromatic rings. The Labute approximate surface area is 57.0 Å². The lowest BCUT2D eigenvalue weighted by atomic mass is 10.5. The highest BCUT2D eigenvalue weighted by Gasteiger charge is 2.09. The van der Waals surface area contributed by atoms with E-state index in [0.29, 0.717) is 0 Å². The Morgan fingerprint density at radius 3 is 2.80 bits per heavy atom. The van der Waals surface area contributed by atoms with Gasteiger partial charge in [0.2, 0.25) is 5.76 Å². The Morgan fingerprint density at radius 1 is 1.70 bits per heavy atom. The summed E-state index contributed by atoms with van der Waals surface area (Å²) < 4.78 is 8.82. The number of furan rings is 1. The van der Waals surface area contributed by atoms with E-state index in [1.54, 1.807) is 0 Å². The van der Waals surface area contributed by atoms with Crippen LogP contribution in [0.25, 0.3) is 0 Å². The van der Waals surface area contributed by atoms with Crippen molar-refractivity contribution in [1.82, 2.24) is 0 Å². The molecule has 1 rings (SSSR count). The van der Waals surface area contributed by atoms with Gasteiger partial charge in [0.1, 0.15) is 0 Å². The molecule has 1 heterocycles. The first-order valence-electron chi connectivity index (χ1n) is 2.61. The highest BCUT2D eigenvalue weighted by atomic mass is 16.5. The van der Waals surface area contributed by atoms with Crippen LogP contribution in [0.3, 0.4) is 0 Å². The lowest BCUT2D eigenvalue weighted by Gasteiger charge is -1.90. The van der Waals surface area contributed by atoms with Gasteiger partial charge in [0, 0.05) is 6.07 Å². The molecule has 0 aromatic carbocycles. The fraction of sp³-hybridized carbons (Fsp3) is 0.167. The molecule has 4 nitrogen and oxygen atoms in total. The van der Waals surface area contributed by atoms with Crippen LogP contribution >= 0.6 is 0 Å². The second-order valence-electron chi connectivity index (χ2n) is 1.63. The summed E-state index contributed by atoms with van der Waals surface area (Å²) in [5.74, 6) is -0.888. The summed E-state index contributed by atoms with van der Waals surface area (Å²) in [4.78, 5) is 10.6. The van der Waals surface area contributed by atoms with Gasteiger partial charge in [0.05, 0.1) is 7.11 Å². The topological polar surface area (TPSA) is 59.7 Å². The van der Waals surface area contributed by atoms with Crippen LogP contribution in [0.4, 0.5) is 0 Å². The summed E-state index contributed by atoms with van der Waals surface area (Å²) in [6, 6.07) is 2.60. The summed E-state index contributed by atoms with van der Waals surface area (Å²) in [6.45, 7) is 0. The van der Waals surface area contributed by atoms with Crippen LogP contribution in [0.5, 0.6) is 5.95 Å². The summed E-state index contributed by atoms with van der Waals surface area (Å²) in [6.07, 6.45) is 0. The average Bonchev–Trinajstić information content (AvgIpc) is 2.34. The van der Waals surface area contributed by atoms with Crippen molar-refractivity contribution in [2.75, 3.05) is 7.11 Å². The first-order chi connectivity index (χ1) is 4.74. The van der Waals surface area contributed by atoms with Crippen LogP contribution in [0, 0.1) is 0 Å². The molecule has 10 heavy (non-hydrogen) atoms. The van der Waals surface area contributed by atoms with E-state index in [4.69, 9.17) is 5.11 Å². The fourth-order valence-corrected chi connectivity index (χ4v) is 0.538.